The van der Waals surface area contributed by atoms with Gasteiger partial charge in [0.15, 0.2) is 0 Å². The van der Waals surface area contributed by atoms with Crippen molar-refractivity contribution in [3.05, 3.63) is 89.5 Å². The maximum absolute atomic E-state index is 12.8. The molecule has 1 fully saturated rings. The Kier molecular flexibility index (Phi) is 5.71. The van der Waals surface area contributed by atoms with Crippen molar-refractivity contribution in [3.63, 3.8) is 0 Å². The highest BCUT2D eigenvalue weighted by Gasteiger charge is 2.25. The highest BCUT2D eigenvalue weighted by molar-refractivity contribution is 6.24. The maximum Gasteiger partial charge on any atom is 0.255 e. The lowest BCUT2D eigenvalue weighted by atomic mass is 10.0. The Labute approximate surface area is 180 Å². The molecule has 6 heteroatoms. The summed E-state index contributed by atoms with van der Waals surface area (Å²) in [4.78, 5) is 25.3. The van der Waals surface area contributed by atoms with Crippen LogP contribution in [-0.4, -0.2) is 23.0 Å². The molecule has 0 unspecified atom stereocenters. The van der Waals surface area contributed by atoms with E-state index in [1.165, 1.54) is 0 Å². The van der Waals surface area contributed by atoms with Gasteiger partial charge in [-0.3, -0.25) is 9.59 Å². The first-order chi connectivity index (χ1) is 15.0. The third-order valence-electron chi connectivity index (χ3n) is 5.03. The van der Waals surface area contributed by atoms with E-state index in [4.69, 9.17) is 5.73 Å². The number of carbonyl (C=O) groups excluding carboxylic acids is 2. The van der Waals surface area contributed by atoms with Crippen LogP contribution in [0.2, 0.25) is 0 Å². The summed E-state index contributed by atoms with van der Waals surface area (Å²) in [6, 6.07) is 20.8. The monoisotopic (exact) mass is 413 g/mol. The van der Waals surface area contributed by atoms with Crippen molar-refractivity contribution in [2.75, 3.05) is 11.1 Å². The maximum atomic E-state index is 12.8. The summed E-state index contributed by atoms with van der Waals surface area (Å²) in [6.07, 6.45) is 3.76. The molecule has 2 amide bonds. The first-order valence-electron chi connectivity index (χ1n) is 10.1. The summed E-state index contributed by atoms with van der Waals surface area (Å²) in [5.74, 6) is -0.284. The van der Waals surface area contributed by atoms with Crippen LogP contribution < -0.4 is 16.4 Å². The number of hydrogen-bond donors (Lipinski definition) is 4. The van der Waals surface area contributed by atoms with Crippen LogP contribution in [0.25, 0.3) is 11.6 Å². The number of benzene rings is 3. The Morgan fingerprint density at radius 3 is 2.19 bits per heavy atom. The number of nitrogen functional groups attached to an aromatic ring is 1. The third-order valence-corrected chi connectivity index (χ3v) is 5.03. The van der Waals surface area contributed by atoms with Gasteiger partial charge in [-0.1, -0.05) is 36.4 Å². The normalized spacial score (nSPS) is 13.5. The smallest absolute Gasteiger partial charge is 0.255 e. The zero-order chi connectivity index (χ0) is 21.8. The lowest BCUT2D eigenvalue weighted by Crippen LogP contribution is -2.26. The Hall–Kier alpha value is -4.06. The fourth-order valence-corrected chi connectivity index (χ4v) is 3.11. The molecule has 31 heavy (non-hydrogen) atoms. The van der Waals surface area contributed by atoms with Gasteiger partial charge in [0.05, 0.1) is 11.4 Å². The van der Waals surface area contributed by atoms with E-state index in [1.807, 2.05) is 0 Å². The van der Waals surface area contributed by atoms with Gasteiger partial charge in [0, 0.05) is 17.2 Å². The molecule has 0 bridgehead atoms. The van der Waals surface area contributed by atoms with Gasteiger partial charge in [0.2, 0.25) is 0 Å². The molecule has 6 nitrogen and oxygen atoms in total. The second-order valence-corrected chi connectivity index (χ2v) is 7.52. The van der Waals surface area contributed by atoms with Gasteiger partial charge in [0.25, 0.3) is 11.8 Å². The predicted octanol–water partition coefficient (Wildman–Crippen LogP) is 4.05. The summed E-state index contributed by atoms with van der Waals surface area (Å²) in [5, 5.41) is 15.4. The number of amides is 2. The fourth-order valence-electron chi connectivity index (χ4n) is 3.11. The molecule has 5 N–H and O–H groups in total. The molecule has 1 aliphatic carbocycles. The van der Waals surface area contributed by atoms with Gasteiger partial charge in [-0.15, -0.1) is 0 Å². The SMILES string of the molecule is Nc1ccccc1NC(=O)c1ccc(C=C(C(=O)NC2CC2)c2ccc(O)cc2)cc1. The summed E-state index contributed by atoms with van der Waals surface area (Å²) in [6.45, 7) is 0. The summed E-state index contributed by atoms with van der Waals surface area (Å²) in [5.41, 5.74) is 9.41. The zero-order valence-corrected chi connectivity index (χ0v) is 16.8. The molecule has 0 atom stereocenters. The first-order valence-corrected chi connectivity index (χ1v) is 10.1. The van der Waals surface area contributed by atoms with Crippen LogP contribution in [-0.2, 0) is 4.79 Å². The molecule has 3 aromatic rings. The number of carbonyl (C=O) groups is 2. The Morgan fingerprint density at radius 1 is 0.903 bits per heavy atom. The number of aromatic hydroxyl groups is 1. The highest BCUT2D eigenvalue weighted by atomic mass is 16.3. The summed E-state index contributed by atoms with van der Waals surface area (Å²) in [7, 11) is 0. The minimum Gasteiger partial charge on any atom is -0.508 e. The van der Waals surface area contributed by atoms with E-state index in [1.54, 1.807) is 78.9 Å². The molecular weight excluding hydrogens is 390 g/mol. The van der Waals surface area contributed by atoms with Gasteiger partial charge in [0.1, 0.15) is 5.75 Å². The number of nitrogens with one attached hydrogen (secondary N) is 2. The second-order valence-electron chi connectivity index (χ2n) is 7.52. The molecular formula is C25H23N3O3. The van der Waals surface area contributed by atoms with Crippen LogP contribution in [0.15, 0.2) is 72.8 Å². The van der Waals surface area contributed by atoms with Gasteiger partial charge in [-0.2, -0.15) is 0 Å². The molecule has 3 aromatic carbocycles. The fraction of sp³-hybridized carbons (Fsp3) is 0.120. The van der Waals surface area contributed by atoms with Crippen LogP contribution in [0, 0.1) is 0 Å². The number of phenols is 1. The number of phenolic OH excluding ortho intramolecular Hbond substituents is 1. The first kappa shape index (κ1) is 20.2. The topological polar surface area (TPSA) is 104 Å². The molecule has 0 radical (unpaired) electrons. The summed E-state index contributed by atoms with van der Waals surface area (Å²) < 4.78 is 0. The molecule has 1 saturated carbocycles. The predicted molar refractivity (Wildman–Crippen MR) is 122 cm³/mol. The van der Waals surface area contributed by atoms with Crippen molar-refractivity contribution in [3.8, 4) is 5.75 Å². The quantitative estimate of drug-likeness (QED) is 0.278. The molecule has 1 aliphatic rings. The average molecular weight is 413 g/mol. The number of para-hydroxylation sites is 2. The lowest BCUT2D eigenvalue weighted by molar-refractivity contribution is -0.115. The van der Waals surface area contributed by atoms with Crippen molar-refractivity contribution >= 4 is 34.8 Å². The molecule has 4 rings (SSSR count). The van der Waals surface area contributed by atoms with E-state index in [0.29, 0.717) is 28.1 Å². The van der Waals surface area contributed by atoms with Crippen molar-refractivity contribution in [1.29, 1.82) is 0 Å². The zero-order valence-electron chi connectivity index (χ0n) is 16.8. The van der Waals surface area contributed by atoms with Crippen molar-refractivity contribution < 1.29 is 14.7 Å². The Bertz CT molecular complexity index is 1130. The van der Waals surface area contributed by atoms with Crippen LogP contribution in [0.4, 0.5) is 11.4 Å². The lowest BCUT2D eigenvalue weighted by Gasteiger charge is -2.10. The Morgan fingerprint density at radius 2 is 1.55 bits per heavy atom. The van der Waals surface area contributed by atoms with Crippen LogP contribution in [0.3, 0.4) is 0 Å². The average Bonchev–Trinajstić information content (AvgIpc) is 3.59. The molecule has 0 spiro atoms. The van der Waals surface area contributed by atoms with Crippen molar-refractivity contribution in [2.24, 2.45) is 0 Å². The molecule has 0 heterocycles. The standard InChI is InChI=1S/C25H23N3O3/c26-22-3-1-2-4-23(22)28-24(30)18-7-5-16(6-8-18)15-21(25(31)27-19-11-12-19)17-9-13-20(29)14-10-17/h1-10,13-15,19,29H,11-12,26H2,(H,27,31)(H,28,30). The largest absolute Gasteiger partial charge is 0.508 e. The van der Waals surface area contributed by atoms with Crippen LogP contribution in [0.5, 0.6) is 5.75 Å². The van der Waals surface area contributed by atoms with E-state index in [-0.39, 0.29) is 23.6 Å². The molecule has 0 aliphatic heterocycles. The van der Waals surface area contributed by atoms with E-state index < -0.39 is 0 Å². The van der Waals surface area contributed by atoms with E-state index in [2.05, 4.69) is 10.6 Å². The highest BCUT2D eigenvalue weighted by Crippen LogP contribution is 2.25. The number of anilines is 2. The van der Waals surface area contributed by atoms with Gasteiger partial charge >= 0.3 is 0 Å². The third kappa shape index (κ3) is 5.11. The number of rotatable bonds is 6. The van der Waals surface area contributed by atoms with E-state index in [9.17, 15) is 14.7 Å². The molecule has 0 saturated heterocycles. The minimum absolute atomic E-state index is 0.139. The van der Waals surface area contributed by atoms with Crippen LogP contribution in [0.1, 0.15) is 34.3 Å². The Balaban J connectivity index is 1.56. The molecule has 0 aromatic heterocycles. The van der Waals surface area contributed by atoms with E-state index >= 15 is 0 Å². The second kappa shape index (κ2) is 8.75. The summed E-state index contributed by atoms with van der Waals surface area (Å²) >= 11 is 0. The van der Waals surface area contributed by atoms with Gasteiger partial charge < -0.3 is 21.5 Å². The number of hydrogen-bond acceptors (Lipinski definition) is 4. The van der Waals surface area contributed by atoms with Gasteiger partial charge in [-0.05, 0) is 66.4 Å². The van der Waals surface area contributed by atoms with Crippen molar-refractivity contribution in [1.82, 2.24) is 5.32 Å². The van der Waals surface area contributed by atoms with Gasteiger partial charge in [-0.25, -0.2) is 0 Å². The minimum atomic E-state index is -0.265. The van der Waals surface area contributed by atoms with E-state index in [0.717, 1.165) is 18.4 Å². The molecule has 156 valence electrons. The number of nitrogens with two attached hydrogens (primary N) is 1. The van der Waals surface area contributed by atoms with Crippen molar-refractivity contribution in [2.45, 2.75) is 18.9 Å². The van der Waals surface area contributed by atoms with Crippen LogP contribution >= 0.6 is 0 Å².